The molecule has 0 spiro atoms. The van der Waals surface area contributed by atoms with Gasteiger partial charge in [-0.3, -0.25) is 9.59 Å². The van der Waals surface area contributed by atoms with Crippen LogP contribution < -0.4 is 10.1 Å². The summed E-state index contributed by atoms with van der Waals surface area (Å²) in [5, 5.41) is 12.1. The first kappa shape index (κ1) is 18.9. The molecule has 1 aliphatic heterocycles. The number of β-amino-alcohol motifs (C(OH)–C–C–N with tert-alkyl or cyclic N) is 1. The van der Waals surface area contributed by atoms with Crippen molar-refractivity contribution in [2.45, 2.75) is 13.3 Å². The van der Waals surface area contributed by atoms with E-state index in [1.807, 2.05) is 37.3 Å². The second kappa shape index (κ2) is 8.68. The summed E-state index contributed by atoms with van der Waals surface area (Å²) in [5.74, 6) is 0.123. The lowest BCUT2D eigenvalue weighted by Gasteiger charge is -2.30. The van der Waals surface area contributed by atoms with Crippen LogP contribution in [-0.4, -0.2) is 48.1 Å². The smallest absolute Gasteiger partial charge is 0.257 e. The minimum absolute atomic E-state index is 0.0951. The van der Waals surface area contributed by atoms with E-state index in [1.165, 1.54) is 0 Å². The molecule has 0 radical (unpaired) electrons. The van der Waals surface area contributed by atoms with Gasteiger partial charge in [-0.2, -0.15) is 0 Å². The van der Waals surface area contributed by atoms with Crippen LogP contribution in [0.15, 0.2) is 48.5 Å². The van der Waals surface area contributed by atoms with Crippen molar-refractivity contribution in [1.29, 1.82) is 0 Å². The van der Waals surface area contributed by atoms with E-state index in [0.717, 1.165) is 5.56 Å². The van der Waals surface area contributed by atoms with Crippen molar-refractivity contribution in [3.63, 3.8) is 0 Å². The number of para-hydroxylation sites is 1. The zero-order valence-corrected chi connectivity index (χ0v) is 15.4. The SMILES string of the molecule is C[C@H]1COc2c(NC(=O)Cc3ccccc3)cccc2C(=O)N(CCO)C1. The average molecular weight is 368 g/mol. The summed E-state index contributed by atoms with van der Waals surface area (Å²) in [7, 11) is 0. The number of fused-ring (bicyclic) bond motifs is 1. The number of benzene rings is 2. The number of rotatable bonds is 5. The lowest BCUT2D eigenvalue weighted by atomic mass is 10.1. The maximum Gasteiger partial charge on any atom is 0.257 e. The third kappa shape index (κ3) is 4.65. The monoisotopic (exact) mass is 368 g/mol. The van der Waals surface area contributed by atoms with Gasteiger partial charge in [0.25, 0.3) is 5.91 Å². The minimum atomic E-state index is -0.204. The first-order valence-corrected chi connectivity index (χ1v) is 9.08. The summed E-state index contributed by atoms with van der Waals surface area (Å²) in [5.41, 5.74) is 1.79. The first-order valence-electron chi connectivity index (χ1n) is 9.08. The Hall–Kier alpha value is -2.86. The molecule has 1 atom stereocenters. The Morgan fingerprint density at radius 3 is 2.74 bits per heavy atom. The zero-order valence-electron chi connectivity index (χ0n) is 15.4. The molecule has 0 saturated carbocycles. The Morgan fingerprint density at radius 1 is 1.22 bits per heavy atom. The molecule has 142 valence electrons. The van der Waals surface area contributed by atoms with Crippen molar-refractivity contribution in [2.24, 2.45) is 5.92 Å². The molecule has 1 aliphatic rings. The average Bonchev–Trinajstić information content (AvgIpc) is 2.66. The number of nitrogens with zero attached hydrogens (tertiary/aromatic N) is 1. The number of hydrogen-bond donors (Lipinski definition) is 2. The Kier molecular flexibility index (Phi) is 6.08. The standard InChI is InChI=1S/C21H24N2O4/c1-15-13-23(10-11-24)21(26)17-8-5-9-18(20(17)27-14-15)22-19(25)12-16-6-3-2-4-7-16/h2-9,15,24H,10-14H2,1H3,(H,22,25)/t15-/m1/s1. The Balaban J connectivity index is 1.84. The summed E-state index contributed by atoms with van der Waals surface area (Å²) in [4.78, 5) is 26.9. The molecule has 0 aromatic heterocycles. The minimum Gasteiger partial charge on any atom is -0.490 e. The quantitative estimate of drug-likeness (QED) is 0.849. The maximum atomic E-state index is 12.9. The highest BCUT2D eigenvalue weighted by molar-refractivity contribution is 6.01. The van der Waals surface area contributed by atoms with Gasteiger partial charge in [0.05, 0.1) is 30.9 Å². The van der Waals surface area contributed by atoms with Crippen molar-refractivity contribution in [3.8, 4) is 5.75 Å². The van der Waals surface area contributed by atoms with Crippen molar-refractivity contribution in [1.82, 2.24) is 4.90 Å². The van der Waals surface area contributed by atoms with Crippen LogP contribution in [-0.2, 0) is 11.2 Å². The molecule has 0 bridgehead atoms. The lowest BCUT2D eigenvalue weighted by Crippen LogP contribution is -2.40. The Bertz CT molecular complexity index is 807. The third-order valence-electron chi connectivity index (χ3n) is 4.43. The molecular formula is C21H24N2O4. The first-order chi connectivity index (χ1) is 13.1. The molecule has 0 unspecified atom stereocenters. The lowest BCUT2D eigenvalue weighted by molar-refractivity contribution is -0.115. The topological polar surface area (TPSA) is 78.9 Å². The van der Waals surface area contributed by atoms with E-state index >= 15 is 0 Å². The van der Waals surface area contributed by atoms with Crippen LogP contribution in [0.25, 0.3) is 0 Å². The summed E-state index contributed by atoms with van der Waals surface area (Å²) in [6.45, 7) is 3.10. The highest BCUT2D eigenvalue weighted by atomic mass is 16.5. The molecule has 0 fully saturated rings. The predicted octanol–water partition coefficient (Wildman–Crippen LogP) is 2.33. The molecule has 0 saturated heterocycles. The van der Waals surface area contributed by atoms with E-state index in [-0.39, 0.29) is 37.3 Å². The summed E-state index contributed by atoms with van der Waals surface area (Å²) in [6.07, 6.45) is 0.242. The number of amides is 2. The fourth-order valence-electron chi connectivity index (χ4n) is 3.16. The number of aliphatic hydroxyl groups is 1. The molecule has 2 aromatic rings. The van der Waals surface area contributed by atoms with Crippen LogP contribution in [0.1, 0.15) is 22.8 Å². The Morgan fingerprint density at radius 2 is 2.00 bits per heavy atom. The highest BCUT2D eigenvalue weighted by Gasteiger charge is 2.26. The van der Waals surface area contributed by atoms with Crippen molar-refractivity contribution < 1.29 is 19.4 Å². The van der Waals surface area contributed by atoms with Gasteiger partial charge in [0.1, 0.15) is 0 Å². The van der Waals surface area contributed by atoms with Crippen LogP contribution in [0.4, 0.5) is 5.69 Å². The number of carbonyl (C=O) groups excluding carboxylic acids is 2. The normalized spacial score (nSPS) is 16.7. The number of aliphatic hydroxyl groups excluding tert-OH is 1. The van der Waals surface area contributed by atoms with Crippen molar-refractivity contribution in [2.75, 3.05) is 31.6 Å². The van der Waals surface area contributed by atoms with Gasteiger partial charge in [0.15, 0.2) is 5.75 Å². The largest absolute Gasteiger partial charge is 0.490 e. The second-order valence-corrected chi connectivity index (χ2v) is 6.78. The summed E-state index contributed by atoms with van der Waals surface area (Å²) in [6, 6.07) is 14.6. The molecule has 6 heteroatoms. The van der Waals surface area contributed by atoms with Crippen LogP contribution in [0.2, 0.25) is 0 Å². The molecule has 3 rings (SSSR count). The number of carbonyl (C=O) groups is 2. The van der Waals surface area contributed by atoms with Crippen molar-refractivity contribution >= 4 is 17.5 Å². The molecular weight excluding hydrogens is 344 g/mol. The van der Waals surface area contributed by atoms with E-state index < -0.39 is 0 Å². The summed E-state index contributed by atoms with van der Waals surface area (Å²) < 4.78 is 5.90. The van der Waals surface area contributed by atoms with Crippen LogP contribution in [0.5, 0.6) is 5.75 Å². The molecule has 2 amide bonds. The van der Waals surface area contributed by atoms with Crippen LogP contribution in [0, 0.1) is 5.92 Å². The van der Waals surface area contributed by atoms with Gasteiger partial charge in [-0.05, 0) is 17.7 Å². The fourth-order valence-corrected chi connectivity index (χ4v) is 3.16. The number of anilines is 1. The van der Waals surface area contributed by atoms with E-state index in [2.05, 4.69) is 5.32 Å². The van der Waals surface area contributed by atoms with E-state index in [1.54, 1.807) is 23.1 Å². The number of nitrogens with one attached hydrogen (secondary N) is 1. The third-order valence-corrected chi connectivity index (χ3v) is 4.43. The fraction of sp³-hybridized carbons (Fsp3) is 0.333. The molecule has 6 nitrogen and oxygen atoms in total. The summed E-state index contributed by atoms with van der Waals surface area (Å²) >= 11 is 0. The van der Waals surface area contributed by atoms with E-state index in [4.69, 9.17) is 4.74 Å². The molecule has 0 aliphatic carbocycles. The maximum absolute atomic E-state index is 12.9. The predicted molar refractivity (Wildman–Crippen MR) is 103 cm³/mol. The molecule has 2 aromatic carbocycles. The molecule has 1 heterocycles. The van der Waals surface area contributed by atoms with Gasteiger partial charge in [0.2, 0.25) is 5.91 Å². The number of hydrogen-bond acceptors (Lipinski definition) is 4. The van der Waals surface area contributed by atoms with Gasteiger partial charge >= 0.3 is 0 Å². The van der Waals surface area contributed by atoms with Gasteiger partial charge in [-0.15, -0.1) is 0 Å². The highest BCUT2D eigenvalue weighted by Crippen LogP contribution is 2.32. The van der Waals surface area contributed by atoms with Gasteiger partial charge in [-0.1, -0.05) is 43.3 Å². The van der Waals surface area contributed by atoms with Crippen LogP contribution in [0.3, 0.4) is 0 Å². The van der Waals surface area contributed by atoms with Gasteiger partial charge < -0.3 is 20.1 Å². The molecule has 27 heavy (non-hydrogen) atoms. The van der Waals surface area contributed by atoms with Gasteiger partial charge in [-0.25, -0.2) is 0 Å². The molecule has 2 N–H and O–H groups in total. The van der Waals surface area contributed by atoms with Gasteiger partial charge in [0, 0.05) is 19.0 Å². The Labute approximate surface area is 158 Å². The van der Waals surface area contributed by atoms with E-state index in [9.17, 15) is 14.7 Å². The van der Waals surface area contributed by atoms with Crippen LogP contribution >= 0.6 is 0 Å². The number of ether oxygens (including phenoxy) is 1. The second-order valence-electron chi connectivity index (χ2n) is 6.78. The zero-order chi connectivity index (χ0) is 19.2. The van der Waals surface area contributed by atoms with E-state index in [0.29, 0.717) is 30.2 Å². The van der Waals surface area contributed by atoms with Crippen molar-refractivity contribution in [3.05, 3.63) is 59.7 Å².